The number of aliphatic hydroxyl groups is 1. The maximum atomic E-state index is 13.0. The quantitative estimate of drug-likeness (QED) is 0.507. The fourth-order valence-corrected chi connectivity index (χ4v) is 3.76. The van der Waals surface area contributed by atoms with Crippen LogP contribution in [0, 0.1) is 0 Å². The van der Waals surface area contributed by atoms with Gasteiger partial charge >= 0.3 is 12.4 Å². The SMILES string of the molecule is CC1(c2ccc(OC(F)(F)F)cc2)NC(=O)N(CC(O)COc2ccc3ccccc3c2)C1=O. The molecule has 1 fully saturated rings. The molecule has 178 valence electrons. The van der Waals surface area contributed by atoms with Crippen LogP contribution in [0.25, 0.3) is 10.8 Å². The Balaban J connectivity index is 1.39. The largest absolute Gasteiger partial charge is 0.573 e. The number of rotatable bonds is 7. The zero-order chi connectivity index (χ0) is 24.5. The van der Waals surface area contributed by atoms with Crippen molar-refractivity contribution < 1.29 is 37.3 Å². The Hall–Kier alpha value is -3.79. The standard InChI is InChI=1S/C24H21F3N2O5/c1-23(17-7-10-19(11-8-17)34-24(25,26)27)21(31)29(22(32)28-23)13-18(30)14-33-20-9-6-15-4-2-3-5-16(15)12-20/h2-12,18,30H,13-14H2,1H3,(H,28,32). The van der Waals surface area contributed by atoms with E-state index in [9.17, 15) is 27.9 Å². The lowest BCUT2D eigenvalue weighted by Crippen LogP contribution is -2.42. The van der Waals surface area contributed by atoms with Crippen LogP contribution in [0.15, 0.2) is 66.7 Å². The number of hydrogen-bond acceptors (Lipinski definition) is 5. The molecule has 3 aromatic carbocycles. The molecule has 0 bridgehead atoms. The van der Waals surface area contributed by atoms with Gasteiger partial charge in [-0.1, -0.05) is 42.5 Å². The van der Waals surface area contributed by atoms with Crippen LogP contribution in [-0.4, -0.2) is 47.6 Å². The number of imide groups is 1. The molecular formula is C24H21F3N2O5. The average Bonchev–Trinajstić information content (AvgIpc) is 3.00. The summed E-state index contributed by atoms with van der Waals surface area (Å²) in [6.07, 6.45) is -6.00. The molecule has 4 rings (SSSR count). The number of carbonyl (C=O) groups excluding carboxylic acids is 2. The molecule has 2 unspecified atom stereocenters. The first-order valence-electron chi connectivity index (χ1n) is 10.4. The second kappa shape index (κ2) is 8.86. The van der Waals surface area contributed by atoms with E-state index < -0.39 is 35.7 Å². The number of β-amino-alcohol motifs (C(OH)–C–C–N with tert-alkyl or cyclic N) is 1. The Bertz CT molecular complexity index is 1220. The van der Waals surface area contributed by atoms with Gasteiger partial charge in [0.2, 0.25) is 0 Å². The molecule has 1 aliphatic rings. The van der Waals surface area contributed by atoms with Crippen LogP contribution in [0.5, 0.6) is 11.5 Å². The minimum absolute atomic E-state index is 0.157. The van der Waals surface area contributed by atoms with Gasteiger partial charge in [-0.15, -0.1) is 13.2 Å². The van der Waals surface area contributed by atoms with Gasteiger partial charge in [0.25, 0.3) is 5.91 Å². The van der Waals surface area contributed by atoms with E-state index in [4.69, 9.17) is 4.74 Å². The van der Waals surface area contributed by atoms with Crippen molar-refractivity contribution in [2.24, 2.45) is 0 Å². The Morgan fingerprint density at radius 3 is 2.32 bits per heavy atom. The third-order valence-corrected chi connectivity index (χ3v) is 5.50. The smallest absolute Gasteiger partial charge is 0.491 e. The van der Waals surface area contributed by atoms with Crippen LogP contribution in [0.2, 0.25) is 0 Å². The van der Waals surface area contributed by atoms with E-state index in [0.717, 1.165) is 27.8 Å². The number of fused-ring (bicyclic) bond motifs is 1. The lowest BCUT2D eigenvalue weighted by atomic mass is 9.92. The number of aliphatic hydroxyl groups excluding tert-OH is 1. The van der Waals surface area contributed by atoms with Gasteiger partial charge in [0, 0.05) is 0 Å². The molecule has 1 aliphatic heterocycles. The van der Waals surface area contributed by atoms with Crippen LogP contribution in [0.3, 0.4) is 0 Å². The minimum atomic E-state index is -4.84. The summed E-state index contributed by atoms with van der Waals surface area (Å²) >= 11 is 0. The second-order valence-electron chi connectivity index (χ2n) is 8.02. The molecule has 10 heteroatoms. The molecule has 0 aromatic heterocycles. The summed E-state index contributed by atoms with van der Waals surface area (Å²) in [5.41, 5.74) is -1.24. The predicted molar refractivity (Wildman–Crippen MR) is 116 cm³/mol. The Kier molecular flexibility index (Phi) is 6.09. The molecule has 3 amide bonds. The van der Waals surface area contributed by atoms with Crippen molar-refractivity contribution in [2.45, 2.75) is 24.9 Å². The highest BCUT2D eigenvalue weighted by Gasteiger charge is 2.49. The molecule has 34 heavy (non-hydrogen) atoms. The number of nitrogens with zero attached hydrogens (tertiary/aromatic N) is 1. The van der Waals surface area contributed by atoms with E-state index in [2.05, 4.69) is 10.1 Å². The molecule has 0 spiro atoms. The van der Waals surface area contributed by atoms with E-state index in [1.54, 1.807) is 6.07 Å². The predicted octanol–water partition coefficient (Wildman–Crippen LogP) is 3.95. The molecule has 0 saturated carbocycles. The molecule has 2 N–H and O–H groups in total. The molecule has 3 aromatic rings. The molecule has 1 heterocycles. The van der Waals surface area contributed by atoms with E-state index in [1.165, 1.54) is 19.1 Å². The van der Waals surface area contributed by atoms with Gasteiger partial charge in [-0.05, 0) is 47.5 Å². The van der Waals surface area contributed by atoms with Crippen molar-refractivity contribution in [2.75, 3.05) is 13.2 Å². The van der Waals surface area contributed by atoms with Gasteiger partial charge in [0.15, 0.2) is 0 Å². The van der Waals surface area contributed by atoms with E-state index in [1.807, 2.05) is 36.4 Å². The Morgan fingerprint density at radius 2 is 1.65 bits per heavy atom. The molecular weight excluding hydrogens is 453 g/mol. The van der Waals surface area contributed by atoms with Gasteiger partial charge in [0.1, 0.15) is 29.7 Å². The fourth-order valence-electron chi connectivity index (χ4n) is 3.76. The monoisotopic (exact) mass is 474 g/mol. The summed E-state index contributed by atoms with van der Waals surface area (Å²) in [6, 6.07) is 17.1. The van der Waals surface area contributed by atoms with Gasteiger partial charge < -0.3 is 19.9 Å². The zero-order valence-electron chi connectivity index (χ0n) is 18.0. The van der Waals surface area contributed by atoms with Gasteiger partial charge in [0.05, 0.1) is 6.54 Å². The van der Waals surface area contributed by atoms with Crippen LogP contribution in [-0.2, 0) is 10.3 Å². The number of urea groups is 1. The third kappa shape index (κ3) is 4.91. The topological polar surface area (TPSA) is 88.1 Å². The second-order valence-corrected chi connectivity index (χ2v) is 8.02. The first-order chi connectivity index (χ1) is 16.0. The maximum absolute atomic E-state index is 13.0. The lowest BCUT2D eigenvalue weighted by Gasteiger charge is -2.23. The average molecular weight is 474 g/mol. The van der Waals surface area contributed by atoms with Gasteiger partial charge in [-0.25, -0.2) is 4.79 Å². The summed E-state index contributed by atoms with van der Waals surface area (Å²) in [5, 5.41) is 14.9. The van der Waals surface area contributed by atoms with E-state index >= 15 is 0 Å². The maximum Gasteiger partial charge on any atom is 0.573 e. The highest BCUT2D eigenvalue weighted by molar-refractivity contribution is 6.07. The summed E-state index contributed by atoms with van der Waals surface area (Å²) in [4.78, 5) is 26.3. The summed E-state index contributed by atoms with van der Waals surface area (Å²) in [6.45, 7) is 0.962. The number of hydrogen-bond donors (Lipinski definition) is 2. The van der Waals surface area contributed by atoms with Crippen molar-refractivity contribution >= 4 is 22.7 Å². The highest BCUT2D eigenvalue weighted by atomic mass is 19.4. The molecule has 7 nitrogen and oxygen atoms in total. The Morgan fingerprint density at radius 1 is 1.00 bits per heavy atom. The van der Waals surface area contributed by atoms with Crippen molar-refractivity contribution in [3.63, 3.8) is 0 Å². The number of benzene rings is 3. The van der Waals surface area contributed by atoms with Gasteiger partial charge in [-0.3, -0.25) is 9.69 Å². The molecule has 0 aliphatic carbocycles. The number of carbonyl (C=O) groups is 2. The van der Waals surface area contributed by atoms with Crippen molar-refractivity contribution in [1.29, 1.82) is 0 Å². The summed E-state index contributed by atoms with van der Waals surface area (Å²) in [5.74, 6) is -0.567. The molecule has 0 radical (unpaired) electrons. The van der Waals surface area contributed by atoms with Crippen LogP contribution in [0.4, 0.5) is 18.0 Å². The fraction of sp³-hybridized carbons (Fsp3) is 0.250. The number of amides is 3. The summed E-state index contributed by atoms with van der Waals surface area (Å²) < 4.78 is 46.6. The first-order valence-corrected chi connectivity index (χ1v) is 10.4. The van der Waals surface area contributed by atoms with E-state index in [0.29, 0.717) is 5.75 Å². The molecule has 1 saturated heterocycles. The van der Waals surface area contributed by atoms with Crippen LogP contribution in [0.1, 0.15) is 12.5 Å². The van der Waals surface area contributed by atoms with E-state index in [-0.39, 0.29) is 18.7 Å². The minimum Gasteiger partial charge on any atom is -0.491 e. The highest BCUT2D eigenvalue weighted by Crippen LogP contribution is 2.31. The van der Waals surface area contributed by atoms with Crippen molar-refractivity contribution in [1.82, 2.24) is 10.2 Å². The normalized spacial score (nSPS) is 19.3. The van der Waals surface area contributed by atoms with Crippen LogP contribution >= 0.6 is 0 Å². The number of halogens is 3. The Labute approximate surface area is 192 Å². The third-order valence-electron chi connectivity index (χ3n) is 5.50. The number of ether oxygens (including phenoxy) is 2. The number of alkyl halides is 3. The summed E-state index contributed by atoms with van der Waals surface area (Å²) in [7, 11) is 0. The zero-order valence-corrected chi connectivity index (χ0v) is 18.0. The first kappa shape index (κ1) is 23.4. The van der Waals surface area contributed by atoms with Crippen LogP contribution < -0.4 is 14.8 Å². The number of nitrogens with one attached hydrogen (secondary N) is 1. The molecule has 2 atom stereocenters. The van der Waals surface area contributed by atoms with Crippen molar-refractivity contribution in [3.8, 4) is 11.5 Å². The van der Waals surface area contributed by atoms with Gasteiger partial charge in [-0.2, -0.15) is 0 Å². The lowest BCUT2D eigenvalue weighted by molar-refractivity contribution is -0.274. The van der Waals surface area contributed by atoms with Crippen molar-refractivity contribution in [3.05, 3.63) is 72.3 Å².